The molecule has 0 aromatic heterocycles. The summed E-state index contributed by atoms with van der Waals surface area (Å²) in [6.07, 6.45) is 1.09. The van der Waals surface area contributed by atoms with Crippen LogP contribution in [0.25, 0.3) is 0 Å². The van der Waals surface area contributed by atoms with Crippen molar-refractivity contribution >= 4 is 27.5 Å². The molecule has 1 N–H and O–H groups in total. The van der Waals surface area contributed by atoms with E-state index in [0.29, 0.717) is 0 Å². The summed E-state index contributed by atoms with van der Waals surface area (Å²) in [5.74, 6) is 0. The van der Waals surface area contributed by atoms with Gasteiger partial charge in [-0.15, -0.1) is 0 Å². The van der Waals surface area contributed by atoms with Gasteiger partial charge in [-0.05, 0) is 55.6 Å². The van der Waals surface area contributed by atoms with Crippen LogP contribution in [0.2, 0.25) is 5.02 Å². The summed E-state index contributed by atoms with van der Waals surface area (Å²) in [5, 5.41) is 4.41. The fraction of sp³-hybridized carbons (Fsp3) is 0.333. The Hall–Kier alpha value is -0.830. The lowest BCUT2D eigenvalue weighted by atomic mass is 9.93. The van der Waals surface area contributed by atoms with E-state index < -0.39 is 0 Å². The number of halogens is 2. The van der Waals surface area contributed by atoms with Crippen LogP contribution in [0.15, 0.2) is 40.9 Å². The van der Waals surface area contributed by atoms with Gasteiger partial charge in [0.2, 0.25) is 0 Å². The first kappa shape index (κ1) is 16.5. The van der Waals surface area contributed by atoms with Crippen molar-refractivity contribution in [1.82, 2.24) is 5.32 Å². The van der Waals surface area contributed by atoms with Gasteiger partial charge < -0.3 is 5.32 Å². The Morgan fingerprint density at radius 1 is 1.10 bits per heavy atom. The second-order valence-corrected chi connectivity index (χ2v) is 6.74. The molecule has 0 saturated heterocycles. The molecule has 0 bridgehead atoms. The lowest BCUT2D eigenvalue weighted by Gasteiger charge is -2.23. The molecule has 1 unspecified atom stereocenters. The fourth-order valence-electron chi connectivity index (χ4n) is 2.56. The maximum Gasteiger partial charge on any atom is 0.0594 e. The normalized spacial score (nSPS) is 12.4. The molecule has 0 heterocycles. The van der Waals surface area contributed by atoms with E-state index in [9.17, 15) is 0 Å². The van der Waals surface area contributed by atoms with Gasteiger partial charge >= 0.3 is 0 Å². The van der Waals surface area contributed by atoms with Gasteiger partial charge in [0.1, 0.15) is 0 Å². The minimum absolute atomic E-state index is 0.131. The third-order valence-electron chi connectivity index (χ3n) is 3.61. The smallest absolute Gasteiger partial charge is 0.0594 e. The average molecular weight is 367 g/mol. The summed E-state index contributed by atoms with van der Waals surface area (Å²) in [7, 11) is 0. The second-order valence-electron chi connectivity index (χ2n) is 5.41. The van der Waals surface area contributed by atoms with Crippen LogP contribution in [-0.2, 0) is 0 Å². The van der Waals surface area contributed by atoms with Crippen molar-refractivity contribution in [1.29, 1.82) is 0 Å². The van der Waals surface area contributed by atoms with Gasteiger partial charge in [0.15, 0.2) is 0 Å². The molecule has 0 saturated carbocycles. The van der Waals surface area contributed by atoms with Crippen molar-refractivity contribution in [3.8, 4) is 0 Å². The minimum atomic E-state index is 0.131. The van der Waals surface area contributed by atoms with Crippen LogP contribution in [0.3, 0.4) is 0 Å². The van der Waals surface area contributed by atoms with Crippen LogP contribution in [0.4, 0.5) is 0 Å². The van der Waals surface area contributed by atoms with Crippen LogP contribution in [-0.4, -0.2) is 6.54 Å². The summed E-state index contributed by atoms with van der Waals surface area (Å²) in [6, 6.07) is 12.8. The first-order valence-corrected chi connectivity index (χ1v) is 8.45. The Kier molecular flexibility index (Phi) is 5.86. The van der Waals surface area contributed by atoms with Gasteiger partial charge in [-0.1, -0.05) is 64.3 Å². The SMILES string of the molecule is CCCNC(c1ccc(C)cc1C)c1ccc(Br)cc1Cl. The van der Waals surface area contributed by atoms with Crippen LogP contribution >= 0.6 is 27.5 Å². The summed E-state index contributed by atoms with van der Waals surface area (Å²) in [6.45, 7) is 7.42. The van der Waals surface area contributed by atoms with Gasteiger partial charge in [-0.25, -0.2) is 0 Å². The Bertz CT molecular complexity index is 573. The van der Waals surface area contributed by atoms with Gasteiger partial charge in [-0.3, -0.25) is 0 Å². The molecule has 0 spiro atoms. The van der Waals surface area contributed by atoms with Crippen LogP contribution in [0.5, 0.6) is 0 Å². The van der Waals surface area contributed by atoms with Crippen molar-refractivity contribution in [2.45, 2.75) is 33.2 Å². The van der Waals surface area contributed by atoms with E-state index in [4.69, 9.17) is 11.6 Å². The number of benzene rings is 2. The van der Waals surface area contributed by atoms with Crippen LogP contribution in [0.1, 0.15) is 41.6 Å². The largest absolute Gasteiger partial charge is 0.306 e. The quantitative estimate of drug-likeness (QED) is 0.704. The van der Waals surface area contributed by atoms with Crippen molar-refractivity contribution in [2.24, 2.45) is 0 Å². The zero-order valence-corrected chi connectivity index (χ0v) is 15.1. The van der Waals surface area contributed by atoms with Gasteiger partial charge in [-0.2, -0.15) is 0 Å². The molecule has 112 valence electrons. The van der Waals surface area contributed by atoms with Gasteiger partial charge in [0.25, 0.3) is 0 Å². The highest BCUT2D eigenvalue weighted by molar-refractivity contribution is 9.10. The Morgan fingerprint density at radius 3 is 2.43 bits per heavy atom. The molecule has 0 aliphatic carbocycles. The molecule has 0 amide bonds. The zero-order chi connectivity index (χ0) is 15.4. The van der Waals surface area contributed by atoms with E-state index in [2.05, 4.69) is 66.3 Å². The molecule has 3 heteroatoms. The predicted octanol–water partition coefficient (Wildman–Crippen LogP) is 5.81. The molecule has 0 aliphatic heterocycles. The van der Waals surface area contributed by atoms with Crippen LogP contribution < -0.4 is 5.32 Å². The lowest BCUT2D eigenvalue weighted by molar-refractivity contribution is 0.596. The Morgan fingerprint density at radius 2 is 1.81 bits per heavy atom. The van der Waals surface area contributed by atoms with E-state index in [1.54, 1.807) is 0 Å². The van der Waals surface area contributed by atoms with Crippen molar-refractivity contribution in [3.05, 3.63) is 68.1 Å². The highest BCUT2D eigenvalue weighted by Gasteiger charge is 2.18. The molecule has 0 fully saturated rings. The zero-order valence-electron chi connectivity index (χ0n) is 12.7. The summed E-state index contributed by atoms with van der Waals surface area (Å²) in [4.78, 5) is 0. The topological polar surface area (TPSA) is 12.0 Å². The number of aryl methyl sites for hydroxylation is 2. The van der Waals surface area contributed by atoms with Crippen molar-refractivity contribution in [2.75, 3.05) is 6.54 Å². The molecule has 21 heavy (non-hydrogen) atoms. The van der Waals surface area contributed by atoms with Gasteiger partial charge in [0, 0.05) is 9.50 Å². The first-order valence-electron chi connectivity index (χ1n) is 7.28. The monoisotopic (exact) mass is 365 g/mol. The van der Waals surface area contributed by atoms with E-state index in [1.807, 2.05) is 12.1 Å². The highest BCUT2D eigenvalue weighted by Crippen LogP contribution is 2.32. The van der Waals surface area contributed by atoms with Crippen LogP contribution in [0, 0.1) is 13.8 Å². The number of nitrogens with one attached hydrogen (secondary N) is 1. The van der Waals surface area contributed by atoms with E-state index >= 15 is 0 Å². The standard InChI is InChI=1S/C18H21BrClN/c1-4-9-21-18(15-7-5-12(2)10-13(15)3)16-8-6-14(19)11-17(16)20/h5-8,10-11,18,21H,4,9H2,1-3H3. The summed E-state index contributed by atoms with van der Waals surface area (Å²) < 4.78 is 1.01. The first-order chi connectivity index (χ1) is 10.0. The average Bonchev–Trinajstić information content (AvgIpc) is 2.42. The predicted molar refractivity (Wildman–Crippen MR) is 95.2 cm³/mol. The molecular weight excluding hydrogens is 346 g/mol. The number of rotatable bonds is 5. The summed E-state index contributed by atoms with van der Waals surface area (Å²) in [5.41, 5.74) is 4.99. The second kappa shape index (κ2) is 7.44. The molecule has 2 rings (SSSR count). The molecule has 1 atom stereocenters. The maximum atomic E-state index is 6.47. The third-order valence-corrected chi connectivity index (χ3v) is 4.43. The minimum Gasteiger partial charge on any atom is -0.306 e. The highest BCUT2D eigenvalue weighted by atomic mass is 79.9. The molecule has 2 aromatic carbocycles. The fourth-order valence-corrected chi connectivity index (χ4v) is 3.34. The van der Waals surface area contributed by atoms with Crippen molar-refractivity contribution in [3.63, 3.8) is 0 Å². The molecule has 1 nitrogen and oxygen atoms in total. The molecule has 2 aromatic rings. The Labute approximate surface area is 140 Å². The van der Waals surface area contributed by atoms with Crippen molar-refractivity contribution < 1.29 is 0 Å². The Balaban J connectivity index is 2.46. The summed E-state index contributed by atoms with van der Waals surface area (Å²) >= 11 is 9.94. The molecule has 0 aliphatic rings. The lowest BCUT2D eigenvalue weighted by Crippen LogP contribution is -2.24. The van der Waals surface area contributed by atoms with E-state index in [0.717, 1.165) is 28.0 Å². The number of hydrogen-bond donors (Lipinski definition) is 1. The molecule has 0 radical (unpaired) electrons. The third kappa shape index (κ3) is 4.09. The number of hydrogen-bond acceptors (Lipinski definition) is 1. The van der Waals surface area contributed by atoms with E-state index in [1.165, 1.54) is 16.7 Å². The maximum absolute atomic E-state index is 6.47. The van der Waals surface area contributed by atoms with E-state index in [-0.39, 0.29) is 6.04 Å². The van der Waals surface area contributed by atoms with Gasteiger partial charge in [0.05, 0.1) is 6.04 Å². The molecular formula is C18H21BrClN.